The number of ether oxygens (including phenoxy) is 2. The first-order chi connectivity index (χ1) is 8.22. The number of esters is 1. The first-order valence-corrected chi connectivity index (χ1v) is 5.29. The van der Waals surface area contributed by atoms with Crippen LogP contribution >= 0.6 is 0 Å². The molecule has 1 aromatic rings. The van der Waals surface area contributed by atoms with Crippen LogP contribution in [-0.2, 0) is 9.47 Å². The molecule has 0 atom stereocenters. The first-order valence-electron chi connectivity index (χ1n) is 5.29. The van der Waals surface area contributed by atoms with E-state index in [-0.39, 0.29) is 5.69 Å². The first kappa shape index (κ1) is 11.8. The van der Waals surface area contributed by atoms with E-state index >= 15 is 0 Å². The number of aromatic nitrogens is 1. The van der Waals surface area contributed by atoms with Crippen LogP contribution in [0.3, 0.4) is 0 Å². The molecule has 0 spiro atoms. The molecule has 0 bridgehead atoms. The molecule has 6 heteroatoms. The molecule has 92 valence electrons. The number of rotatable bonds is 2. The number of methoxy groups -OCH3 is 1. The normalized spacial score (nSPS) is 15.8. The molecule has 2 rings (SSSR count). The van der Waals surface area contributed by atoms with Crippen molar-refractivity contribution in [3.63, 3.8) is 0 Å². The summed E-state index contributed by atoms with van der Waals surface area (Å²) < 4.78 is 23.0. The summed E-state index contributed by atoms with van der Waals surface area (Å²) in [5.41, 5.74) is 0.593. The summed E-state index contributed by atoms with van der Waals surface area (Å²) in [5.74, 6) is -1.04. The van der Waals surface area contributed by atoms with Crippen molar-refractivity contribution in [2.75, 3.05) is 38.3 Å². The van der Waals surface area contributed by atoms with E-state index in [1.807, 2.05) is 4.90 Å². The largest absolute Gasteiger partial charge is 0.464 e. The Morgan fingerprint density at radius 3 is 2.88 bits per heavy atom. The van der Waals surface area contributed by atoms with E-state index in [1.54, 1.807) is 0 Å². The molecule has 0 unspecified atom stereocenters. The minimum Gasteiger partial charge on any atom is -0.464 e. The van der Waals surface area contributed by atoms with Crippen LogP contribution in [0.25, 0.3) is 0 Å². The van der Waals surface area contributed by atoms with Crippen molar-refractivity contribution in [1.82, 2.24) is 4.98 Å². The van der Waals surface area contributed by atoms with Crippen LogP contribution in [0.5, 0.6) is 0 Å². The minimum atomic E-state index is -0.563. The van der Waals surface area contributed by atoms with Crippen molar-refractivity contribution < 1.29 is 18.7 Å². The molecule has 0 aliphatic carbocycles. The smallest absolute Gasteiger partial charge is 0.358 e. The van der Waals surface area contributed by atoms with Gasteiger partial charge in [-0.05, 0) is 0 Å². The molecule has 0 saturated carbocycles. The Balaban J connectivity index is 2.35. The van der Waals surface area contributed by atoms with E-state index in [4.69, 9.17) is 4.74 Å². The Bertz CT molecular complexity index is 419. The maximum atomic E-state index is 13.2. The van der Waals surface area contributed by atoms with Gasteiger partial charge in [0.15, 0.2) is 5.69 Å². The average Bonchev–Trinajstić information content (AvgIpc) is 2.39. The zero-order valence-corrected chi connectivity index (χ0v) is 9.48. The molecule has 1 aromatic heterocycles. The second-order valence-corrected chi connectivity index (χ2v) is 3.61. The van der Waals surface area contributed by atoms with Gasteiger partial charge in [0.2, 0.25) is 0 Å². The predicted octanol–water partition coefficient (Wildman–Crippen LogP) is 0.844. The number of carbonyl (C=O) groups excluding carboxylic acids is 1. The maximum Gasteiger partial charge on any atom is 0.358 e. The highest BCUT2D eigenvalue weighted by Gasteiger charge is 2.21. The summed E-state index contributed by atoms with van der Waals surface area (Å²) in [7, 11) is 1.27. The van der Waals surface area contributed by atoms with E-state index < -0.39 is 11.8 Å². The Kier molecular flexibility index (Phi) is 3.53. The molecular formula is C11H13FN2O3. The molecule has 1 fully saturated rings. The second kappa shape index (κ2) is 5.09. The van der Waals surface area contributed by atoms with Gasteiger partial charge in [0.25, 0.3) is 0 Å². The molecular weight excluding hydrogens is 227 g/mol. The summed E-state index contributed by atoms with van der Waals surface area (Å²) in [6.45, 7) is 2.32. The molecule has 0 N–H and O–H groups in total. The number of morpholine rings is 1. The molecule has 1 saturated heterocycles. The van der Waals surface area contributed by atoms with Gasteiger partial charge in [-0.15, -0.1) is 0 Å². The maximum absolute atomic E-state index is 13.2. The molecule has 1 aliphatic heterocycles. The number of carbonyl (C=O) groups is 1. The van der Waals surface area contributed by atoms with Crippen molar-refractivity contribution >= 4 is 11.7 Å². The van der Waals surface area contributed by atoms with Gasteiger partial charge in [-0.2, -0.15) is 0 Å². The molecule has 5 nitrogen and oxygen atoms in total. The monoisotopic (exact) mass is 240 g/mol. The van der Waals surface area contributed by atoms with Gasteiger partial charge < -0.3 is 14.4 Å². The molecule has 0 radical (unpaired) electrons. The third-order valence-electron chi connectivity index (χ3n) is 2.56. The number of hydrogen-bond donors (Lipinski definition) is 0. The molecule has 0 aromatic carbocycles. The highest BCUT2D eigenvalue weighted by molar-refractivity contribution is 5.93. The minimum absolute atomic E-state index is 0.135. The topological polar surface area (TPSA) is 51.7 Å². The number of halogens is 1. The summed E-state index contributed by atoms with van der Waals surface area (Å²) in [6, 6.07) is 1.30. The zero-order valence-electron chi connectivity index (χ0n) is 9.48. The van der Waals surface area contributed by atoms with Gasteiger partial charge in [-0.1, -0.05) is 0 Å². The van der Waals surface area contributed by atoms with Crippen molar-refractivity contribution in [3.05, 3.63) is 23.8 Å². The Morgan fingerprint density at radius 1 is 1.53 bits per heavy atom. The van der Waals surface area contributed by atoms with Gasteiger partial charge in [-0.3, -0.25) is 0 Å². The van der Waals surface area contributed by atoms with E-state index in [0.29, 0.717) is 32.0 Å². The zero-order chi connectivity index (χ0) is 12.3. The van der Waals surface area contributed by atoms with Crippen LogP contribution < -0.4 is 4.90 Å². The standard InChI is InChI=1S/C11H13FN2O3/c1-16-11(15)10-9(6-8(12)7-13-10)14-2-4-17-5-3-14/h6-7H,2-5H2,1H3. The summed E-state index contributed by atoms with van der Waals surface area (Å²) >= 11 is 0. The quantitative estimate of drug-likeness (QED) is 0.717. The van der Waals surface area contributed by atoms with Crippen LogP contribution in [0, 0.1) is 5.82 Å². The van der Waals surface area contributed by atoms with E-state index in [2.05, 4.69) is 9.72 Å². The van der Waals surface area contributed by atoms with Crippen LogP contribution in [0.2, 0.25) is 0 Å². The summed E-state index contributed by atoms with van der Waals surface area (Å²) in [6.07, 6.45) is 1.01. The second-order valence-electron chi connectivity index (χ2n) is 3.61. The Hall–Kier alpha value is -1.69. The van der Waals surface area contributed by atoms with Gasteiger partial charge in [0.05, 0.1) is 32.2 Å². The SMILES string of the molecule is COC(=O)c1ncc(F)cc1N1CCOCC1. The van der Waals surface area contributed by atoms with Crippen molar-refractivity contribution in [1.29, 1.82) is 0 Å². The van der Waals surface area contributed by atoms with Gasteiger partial charge in [0.1, 0.15) is 5.82 Å². The van der Waals surface area contributed by atoms with Crippen LogP contribution in [0.15, 0.2) is 12.3 Å². The lowest BCUT2D eigenvalue weighted by atomic mass is 10.2. The molecule has 17 heavy (non-hydrogen) atoms. The van der Waals surface area contributed by atoms with Crippen molar-refractivity contribution in [3.8, 4) is 0 Å². The summed E-state index contributed by atoms with van der Waals surface area (Å²) in [5, 5.41) is 0. The highest BCUT2D eigenvalue weighted by Crippen LogP contribution is 2.21. The lowest BCUT2D eigenvalue weighted by Crippen LogP contribution is -2.37. The van der Waals surface area contributed by atoms with Crippen LogP contribution in [0.4, 0.5) is 10.1 Å². The van der Waals surface area contributed by atoms with Gasteiger partial charge in [-0.25, -0.2) is 14.2 Å². The molecule has 0 amide bonds. The number of pyridine rings is 1. The van der Waals surface area contributed by atoms with Crippen molar-refractivity contribution in [2.45, 2.75) is 0 Å². The lowest BCUT2D eigenvalue weighted by molar-refractivity contribution is 0.0593. The summed E-state index contributed by atoms with van der Waals surface area (Å²) in [4.78, 5) is 17.2. The number of hydrogen-bond acceptors (Lipinski definition) is 5. The molecule has 2 heterocycles. The average molecular weight is 240 g/mol. The van der Waals surface area contributed by atoms with E-state index in [0.717, 1.165) is 6.20 Å². The van der Waals surface area contributed by atoms with E-state index in [1.165, 1.54) is 13.2 Å². The number of nitrogens with zero attached hydrogens (tertiary/aromatic N) is 2. The van der Waals surface area contributed by atoms with Gasteiger partial charge >= 0.3 is 5.97 Å². The fourth-order valence-corrected chi connectivity index (χ4v) is 1.73. The Morgan fingerprint density at radius 2 is 2.24 bits per heavy atom. The fraction of sp³-hybridized carbons (Fsp3) is 0.455. The third-order valence-corrected chi connectivity index (χ3v) is 2.56. The van der Waals surface area contributed by atoms with E-state index in [9.17, 15) is 9.18 Å². The van der Waals surface area contributed by atoms with Crippen LogP contribution in [-0.4, -0.2) is 44.4 Å². The number of anilines is 1. The lowest BCUT2D eigenvalue weighted by Gasteiger charge is -2.29. The fourth-order valence-electron chi connectivity index (χ4n) is 1.73. The highest BCUT2D eigenvalue weighted by atomic mass is 19.1. The molecule has 1 aliphatic rings. The van der Waals surface area contributed by atoms with Gasteiger partial charge in [0, 0.05) is 19.2 Å². The van der Waals surface area contributed by atoms with Crippen LogP contribution in [0.1, 0.15) is 10.5 Å². The Labute approximate surface area is 98.1 Å². The third kappa shape index (κ3) is 2.52. The van der Waals surface area contributed by atoms with Crippen molar-refractivity contribution in [2.24, 2.45) is 0 Å². The predicted molar refractivity (Wildman–Crippen MR) is 58.6 cm³/mol.